The molecule has 3 rings (SSSR count). The van der Waals surface area contributed by atoms with Gasteiger partial charge in [0.05, 0.1) is 19.8 Å². The van der Waals surface area contributed by atoms with Crippen LogP contribution in [0.2, 0.25) is 0 Å². The molecular formula is C16H26Cl2N2O2. The first kappa shape index (κ1) is 19.4. The average molecular weight is 349 g/mol. The van der Waals surface area contributed by atoms with Gasteiger partial charge in [0.2, 0.25) is 0 Å². The summed E-state index contributed by atoms with van der Waals surface area (Å²) in [7, 11) is 3.50. The normalized spacial score (nSPS) is 19.5. The minimum Gasteiger partial charge on any atom is -0.496 e. The fraction of sp³-hybridized carbons (Fsp3) is 0.625. The molecule has 1 saturated heterocycles. The minimum atomic E-state index is 0. The van der Waals surface area contributed by atoms with Gasteiger partial charge in [-0.3, -0.25) is 4.90 Å². The van der Waals surface area contributed by atoms with Gasteiger partial charge in [0.25, 0.3) is 0 Å². The van der Waals surface area contributed by atoms with E-state index >= 15 is 0 Å². The maximum Gasteiger partial charge on any atom is 0.127 e. The third-order valence-electron chi connectivity index (χ3n) is 4.38. The third kappa shape index (κ3) is 3.99. The standard InChI is InChI=1S/C16H24N2O2.2ClH/c1-19-13-4-3-5-14(20-2)15(13)16(12-6-7-12)18-10-8-17-9-11-18;;/h3-5,12,16-17H,6-11H2,1-2H3;2*1H/t16-;;/m1../s1. The first-order valence-corrected chi connectivity index (χ1v) is 7.51. The van der Waals surface area contributed by atoms with E-state index in [4.69, 9.17) is 9.47 Å². The summed E-state index contributed by atoms with van der Waals surface area (Å²) < 4.78 is 11.2. The van der Waals surface area contributed by atoms with Crippen LogP contribution in [0.25, 0.3) is 0 Å². The molecule has 1 atom stereocenters. The summed E-state index contributed by atoms with van der Waals surface area (Å²) >= 11 is 0. The summed E-state index contributed by atoms with van der Waals surface area (Å²) in [6, 6.07) is 6.54. The first-order valence-electron chi connectivity index (χ1n) is 7.51. The van der Waals surface area contributed by atoms with Gasteiger partial charge in [0.1, 0.15) is 11.5 Å². The number of nitrogens with zero attached hydrogens (tertiary/aromatic N) is 1. The lowest BCUT2D eigenvalue weighted by Crippen LogP contribution is -2.45. The van der Waals surface area contributed by atoms with E-state index in [2.05, 4.69) is 22.3 Å². The SMILES string of the molecule is COc1cccc(OC)c1[C@@H](C1CC1)N1CCNCC1.Cl.Cl. The van der Waals surface area contributed by atoms with Crippen molar-refractivity contribution in [2.75, 3.05) is 40.4 Å². The molecule has 126 valence electrons. The molecule has 1 aromatic rings. The van der Waals surface area contributed by atoms with E-state index in [0.29, 0.717) is 6.04 Å². The molecule has 1 saturated carbocycles. The van der Waals surface area contributed by atoms with Crippen LogP contribution in [0.15, 0.2) is 18.2 Å². The predicted molar refractivity (Wildman–Crippen MR) is 93.9 cm³/mol. The topological polar surface area (TPSA) is 33.7 Å². The molecule has 1 heterocycles. The van der Waals surface area contributed by atoms with Crippen LogP contribution in [0.1, 0.15) is 24.4 Å². The highest BCUT2D eigenvalue weighted by Crippen LogP contribution is 2.49. The number of hydrogen-bond acceptors (Lipinski definition) is 4. The lowest BCUT2D eigenvalue weighted by atomic mass is 9.97. The molecule has 1 aliphatic carbocycles. The number of hydrogen-bond donors (Lipinski definition) is 1. The summed E-state index contributed by atoms with van der Waals surface area (Å²) in [6.07, 6.45) is 2.63. The van der Waals surface area contributed by atoms with Crippen LogP contribution in [0.3, 0.4) is 0 Å². The summed E-state index contributed by atoms with van der Waals surface area (Å²) in [5.41, 5.74) is 1.24. The molecule has 2 aliphatic rings. The van der Waals surface area contributed by atoms with Crippen LogP contribution in [-0.4, -0.2) is 45.3 Å². The predicted octanol–water partition coefficient (Wildman–Crippen LogP) is 2.90. The van der Waals surface area contributed by atoms with Crippen LogP contribution < -0.4 is 14.8 Å². The van der Waals surface area contributed by atoms with Gasteiger partial charge in [0, 0.05) is 32.2 Å². The van der Waals surface area contributed by atoms with E-state index < -0.39 is 0 Å². The van der Waals surface area contributed by atoms with Crippen molar-refractivity contribution < 1.29 is 9.47 Å². The zero-order valence-corrected chi connectivity index (χ0v) is 14.8. The number of benzene rings is 1. The van der Waals surface area contributed by atoms with E-state index in [1.165, 1.54) is 18.4 Å². The molecule has 1 N–H and O–H groups in total. The van der Waals surface area contributed by atoms with Crippen molar-refractivity contribution >= 4 is 24.8 Å². The second-order valence-corrected chi connectivity index (χ2v) is 5.64. The molecule has 6 heteroatoms. The number of rotatable bonds is 5. The maximum atomic E-state index is 5.62. The molecule has 1 aliphatic heterocycles. The maximum absolute atomic E-state index is 5.62. The van der Waals surface area contributed by atoms with Gasteiger partial charge < -0.3 is 14.8 Å². The van der Waals surface area contributed by atoms with Gasteiger partial charge in [-0.1, -0.05) is 6.07 Å². The van der Waals surface area contributed by atoms with Gasteiger partial charge in [0.15, 0.2) is 0 Å². The summed E-state index contributed by atoms with van der Waals surface area (Å²) in [5.74, 6) is 2.66. The number of halogens is 2. The summed E-state index contributed by atoms with van der Waals surface area (Å²) in [4.78, 5) is 2.59. The van der Waals surface area contributed by atoms with Crippen molar-refractivity contribution in [3.8, 4) is 11.5 Å². The highest BCUT2D eigenvalue weighted by molar-refractivity contribution is 5.85. The van der Waals surface area contributed by atoms with Gasteiger partial charge in [-0.05, 0) is 30.9 Å². The molecule has 0 bridgehead atoms. The molecule has 0 unspecified atom stereocenters. The zero-order valence-electron chi connectivity index (χ0n) is 13.2. The van der Waals surface area contributed by atoms with Crippen molar-refractivity contribution in [2.24, 2.45) is 5.92 Å². The smallest absolute Gasteiger partial charge is 0.127 e. The van der Waals surface area contributed by atoms with E-state index in [9.17, 15) is 0 Å². The lowest BCUT2D eigenvalue weighted by Gasteiger charge is -2.36. The van der Waals surface area contributed by atoms with Crippen molar-refractivity contribution in [1.82, 2.24) is 10.2 Å². The van der Waals surface area contributed by atoms with Gasteiger partial charge >= 0.3 is 0 Å². The Bertz CT molecular complexity index is 441. The molecular weight excluding hydrogens is 323 g/mol. The van der Waals surface area contributed by atoms with Crippen LogP contribution in [0.5, 0.6) is 11.5 Å². The molecule has 1 aromatic carbocycles. The Kier molecular flexibility index (Phi) is 7.77. The third-order valence-corrected chi connectivity index (χ3v) is 4.38. The molecule has 0 spiro atoms. The molecule has 2 fully saturated rings. The van der Waals surface area contributed by atoms with Crippen LogP contribution in [-0.2, 0) is 0 Å². The van der Waals surface area contributed by atoms with Crippen LogP contribution in [0, 0.1) is 5.92 Å². The summed E-state index contributed by atoms with van der Waals surface area (Å²) in [6.45, 7) is 4.34. The van der Waals surface area contributed by atoms with E-state index in [0.717, 1.165) is 43.6 Å². The highest BCUT2D eigenvalue weighted by atomic mass is 35.5. The van der Waals surface area contributed by atoms with Gasteiger partial charge in [-0.25, -0.2) is 0 Å². The fourth-order valence-electron chi connectivity index (χ4n) is 3.26. The van der Waals surface area contributed by atoms with Gasteiger partial charge in [-0.2, -0.15) is 0 Å². The average Bonchev–Trinajstić information content (AvgIpc) is 3.33. The molecule has 22 heavy (non-hydrogen) atoms. The van der Waals surface area contributed by atoms with Crippen molar-refractivity contribution in [3.05, 3.63) is 23.8 Å². The molecule has 0 amide bonds. The fourth-order valence-corrected chi connectivity index (χ4v) is 3.26. The number of methoxy groups -OCH3 is 2. The zero-order chi connectivity index (χ0) is 13.9. The minimum absolute atomic E-state index is 0. The lowest BCUT2D eigenvalue weighted by molar-refractivity contribution is 0.150. The second kappa shape index (κ2) is 8.82. The second-order valence-electron chi connectivity index (χ2n) is 5.64. The number of ether oxygens (including phenoxy) is 2. The van der Waals surface area contributed by atoms with Crippen molar-refractivity contribution in [2.45, 2.75) is 18.9 Å². The van der Waals surface area contributed by atoms with Crippen molar-refractivity contribution in [3.63, 3.8) is 0 Å². The van der Waals surface area contributed by atoms with E-state index in [1.54, 1.807) is 14.2 Å². The van der Waals surface area contributed by atoms with Gasteiger partial charge in [-0.15, -0.1) is 24.8 Å². The number of nitrogens with one attached hydrogen (secondary N) is 1. The van der Waals surface area contributed by atoms with Crippen molar-refractivity contribution in [1.29, 1.82) is 0 Å². The Labute approximate surface area is 145 Å². The monoisotopic (exact) mass is 348 g/mol. The summed E-state index contributed by atoms with van der Waals surface area (Å²) in [5, 5.41) is 3.43. The molecule has 0 aromatic heterocycles. The number of piperazine rings is 1. The highest BCUT2D eigenvalue weighted by Gasteiger charge is 2.39. The van der Waals surface area contributed by atoms with Crippen LogP contribution in [0.4, 0.5) is 0 Å². The Morgan fingerprint density at radius 1 is 1.05 bits per heavy atom. The molecule has 0 radical (unpaired) electrons. The Morgan fingerprint density at radius 2 is 1.59 bits per heavy atom. The van der Waals surface area contributed by atoms with E-state index in [-0.39, 0.29) is 24.8 Å². The Hall–Kier alpha value is -0.680. The first-order chi connectivity index (χ1) is 9.85. The largest absolute Gasteiger partial charge is 0.496 e. The quantitative estimate of drug-likeness (QED) is 0.886. The van der Waals surface area contributed by atoms with Crippen LogP contribution >= 0.6 is 24.8 Å². The van der Waals surface area contributed by atoms with E-state index in [1.807, 2.05) is 6.07 Å². The molecule has 4 nitrogen and oxygen atoms in total. The Morgan fingerprint density at radius 3 is 2.05 bits per heavy atom. The Balaban J connectivity index is 0.00000121.